The number of hydrogen-bond donors (Lipinski definition) is 0. The first-order valence-electron chi connectivity index (χ1n) is 8.45. The number of aryl methyl sites for hydroxylation is 1. The fraction of sp³-hybridized carbons (Fsp3) is 0.300. The van der Waals surface area contributed by atoms with Gasteiger partial charge in [0.15, 0.2) is 5.16 Å². The van der Waals surface area contributed by atoms with Crippen LogP contribution in [0.2, 0.25) is 0 Å². The third kappa shape index (κ3) is 4.50. The molecule has 0 spiro atoms. The summed E-state index contributed by atoms with van der Waals surface area (Å²) < 4.78 is 6.94. The van der Waals surface area contributed by atoms with E-state index in [4.69, 9.17) is 9.72 Å². The Morgan fingerprint density at radius 2 is 1.84 bits per heavy atom. The van der Waals surface area contributed by atoms with Crippen molar-refractivity contribution in [3.63, 3.8) is 0 Å². The molecule has 3 aromatic rings. The van der Waals surface area contributed by atoms with Gasteiger partial charge in [-0.05, 0) is 30.5 Å². The molecule has 5 heteroatoms. The van der Waals surface area contributed by atoms with Gasteiger partial charge in [-0.25, -0.2) is 4.98 Å². The van der Waals surface area contributed by atoms with Crippen LogP contribution in [0.3, 0.4) is 0 Å². The van der Waals surface area contributed by atoms with Crippen molar-refractivity contribution in [3.05, 3.63) is 70.5 Å². The van der Waals surface area contributed by atoms with Gasteiger partial charge in [0.25, 0.3) is 5.56 Å². The van der Waals surface area contributed by atoms with E-state index in [9.17, 15) is 4.79 Å². The van der Waals surface area contributed by atoms with Crippen LogP contribution in [0.25, 0.3) is 10.9 Å². The largest absolute Gasteiger partial charge is 0.384 e. The van der Waals surface area contributed by atoms with Crippen LogP contribution in [0.5, 0.6) is 0 Å². The highest BCUT2D eigenvalue weighted by Crippen LogP contribution is 2.18. The highest BCUT2D eigenvalue weighted by molar-refractivity contribution is 7.99. The summed E-state index contributed by atoms with van der Waals surface area (Å²) in [6.07, 6.45) is 1.85. The number of aromatic nitrogens is 2. The number of methoxy groups -OCH3 is 1. The van der Waals surface area contributed by atoms with Gasteiger partial charge in [0.05, 0.1) is 17.5 Å². The molecule has 1 heterocycles. The van der Waals surface area contributed by atoms with Gasteiger partial charge in [-0.15, -0.1) is 0 Å². The number of para-hydroxylation sites is 1. The van der Waals surface area contributed by atoms with Crippen LogP contribution in [0.4, 0.5) is 0 Å². The second kappa shape index (κ2) is 8.83. The lowest BCUT2D eigenvalue weighted by Gasteiger charge is -2.13. The van der Waals surface area contributed by atoms with Crippen molar-refractivity contribution in [1.82, 2.24) is 9.55 Å². The van der Waals surface area contributed by atoms with Crippen LogP contribution in [0.15, 0.2) is 64.5 Å². The zero-order valence-corrected chi connectivity index (χ0v) is 15.2. The molecule has 0 radical (unpaired) electrons. The van der Waals surface area contributed by atoms with E-state index in [2.05, 4.69) is 12.1 Å². The molecule has 130 valence electrons. The predicted molar refractivity (Wildman–Crippen MR) is 103 cm³/mol. The van der Waals surface area contributed by atoms with Crippen molar-refractivity contribution in [3.8, 4) is 0 Å². The summed E-state index contributed by atoms with van der Waals surface area (Å²) in [7, 11) is 1.68. The summed E-state index contributed by atoms with van der Waals surface area (Å²) in [5.74, 6) is 0.778. The van der Waals surface area contributed by atoms with Gasteiger partial charge in [0.2, 0.25) is 0 Å². The van der Waals surface area contributed by atoms with Crippen molar-refractivity contribution in [2.75, 3.05) is 19.5 Å². The smallest absolute Gasteiger partial charge is 0.262 e. The van der Waals surface area contributed by atoms with Crippen molar-refractivity contribution in [2.24, 2.45) is 0 Å². The molecule has 0 aliphatic heterocycles. The first-order chi connectivity index (χ1) is 12.3. The lowest BCUT2D eigenvalue weighted by molar-refractivity contribution is 0.218. The predicted octanol–water partition coefficient (Wildman–Crippen LogP) is 3.77. The van der Waals surface area contributed by atoms with Crippen LogP contribution in [0.1, 0.15) is 12.0 Å². The normalized spacial score (nSPS) is 11.1. The van der Waals surface area contributed by atoms with Crippen LogP contribution in [-0.2, 0) is 17.7 Å². The van der Waals surface area contributed by atoms with E-state index in [0.717, 1.165) is 29.3 Å². The standard InChI is InChI=1S/C20H22N2O2S/c1-24-14-15-25-20-21-18-12-6-5-11-17(18)19(23)22(20)13-7-10-16-8-3-2-4-9-16/h2-6,8-9,11-12H,7,10,13-15H2,1H3. The third-order valence-electron chi connectivity index (χ3n) is 4.04. The van der Waals surface area contributed by atoms with Crippen LogP contribution < -0.4 is 5.56 Å². The molecule has 2 aromatic carbocycles. The maximum absolute atomic E-state index is 12.9. The average Bonchev–Trinajstić information content (AvgIpc) is 2.65. The highest BCUT2D eigenvalue weighted by Gasteiger charge is 2.11. The minimum absolute atomic E-state index is 0.0404. The van der Waals surface area contributed by atoms with E-state index >= 15 is 0 Å². The summed E-state index contributed by atoms with van der Waals surface area (Å²) in [5.41, 5.74) is 2.09. The van der Waals surface area contributed by atoms with Crippen molar-refractivity contribution < 1.29 is 4.74 Å². The van der Waals surface area contributed by atoms with Crippen LogP contribution in [-0.4, -0.2) is 29.0 Å². The molecule has 0 saturated heterocycles. The monoisotopic (exact) mass is 354 g/mol. The van der Waals surface area contributed by atoms with E-state index in [0.29, 0.717) is 18.5 Å². The van der Waals surface area contributed by atoms with Gasteiger partial charge < -0.3 is 4.74 Å². The molecule has 0 amide bonds. The molecule has 3 rings (SSSR count). The second-order valence-electron chi connectivity index (χ2n) is 5.80. The zero-order chi connectivity index (χ0) is 17.5. The lowest BCUT2D eigenvalue weighted by atomic mass is 10.1. The van der Waals surface area contributed by atoms with E-state index in [1.165, 1.54) is 5.56 Å². The quantitative estimate of drug-likeness (QED) is 0.351. The van der Waals surface area contributed by atoms with Gasteiger partial charge in [-0.3, -0.25) is 9.36 Å². The first-order valence-corrected chi connectivity index (χ1v) is 9.43. The summed E-state index contributed by atoms with van der Waals surface area (Å²) >= 11 is 1.57. The molecule has 0 N–H and O–H groups in total. The van der Waals surface area contributed by atoms with Gasteiger partial charge >= 0.3 is 0 Å². The number of thioether (sulfide) groups is 1. The van der Waals surface area contributed by atoms with Gasteiger partial charge in [0, 0.05) is 19.4 Å². The minimum atomic E-state index is 0.0404. The molecule has 0 aliphatic carbocycles. The Morgan fingerprint density at radius 3 is 2.64 bits per heavy atom. The molecular formula is C20H22N2O2S. The average molecular weight is 354 g/mol. The first kappa shape index (κ1) is 17.7. The fourth-order valence-electron chi connectivity index (χ4n) is 2.76. The highest BCUT2D eigenvalue weighted by atomic mass is 32.2. The fourth-order valence-corrected chi connectivity index (χ4v) is 3.68. The molecule has 0 fully saturated rings. The third-order valence-corrected chi connectivity index (χ3v) is 4.98. The molecule has 1 aromatic heterocycles. The van der Waals surface area contributed by atoms with Crippen LogP contribution >= 0.6 is 11.8 Å². The molecule has 4 nitrogen and oxygen atoms in total. The zero-order valence-electron chi connectivity index (χ0n) is 14.4. The SMILES string of the molecule is COCCSc1nc2ccccc2c(=O)n1CCCc1ccccc1. The topological polar surface area (TPSA) is 44.1 Å². The summed E-state index contributed by atoms with van der Waals surface area (Å²) in [5, 5.41) is 1.45. The number of nitrogens with zero attached hydrogens (tertiary/aromatic N) is 2. The molecule has 0 saturated carbocycles. The van der Waals surface area contributed by atoms with E-state index in [1.807, 2.05) is 47.0 Å². The number of hydrogen-bond acceptors (Lipinski definition) is 4. The summed E-state index contributed by atoms with van der Waals surface area (Å²) in [6, 6.07) is 17.9. The van der Waals surface area contributed by atoms with E-state index < -0.39 is 0 Å². The lowest BCUT2D eigenvalue weighted by Crippen LogP contribution is -2.24. The van der Waals surface area contributed by atoms with Gasteiger partial charge in [-0.1, -0.05) is 54.2 Å². The maximum Gasteiger partial charge on any atom is 0.262 e. The Bertz CT molecular complexity index is 878. The molecule has 25 heavy (non-hydrogen) atoms. The molecule has 0 bridgehead atoms. The van der Waals surface area contributed by atoms with E-state index in [-0.39, 0.29) is 5.56 Å². The Hall–Kier alpha value is -2.11. The maximum atomic E-state index is 12.9. The Morgan fingerprint density at radius 1 is 1.08 bits per heavy atom. The van der Waals surface area contributed by atoms with Gasteiger partial charge in [0.1, 0.15) is 0 Å². The molecule has 0 unspecified atom stereocenters. The second-order valence-corrected chi connectivity index (χ2v) is 6.86. The number of ether oxygens (including phenoxy) is 1. The summed E-state index contributed by atoms with van der Waals surface area (Å²) in [4.78, 5) is 17.6. The van der Waals surface area contributed by atoms with Crippen molar-refractivity contribution in [2.45, 2.75) is 24.5 Å². The van der Waals surface area contributed by atoms with Crippen molar-refractivity contribution in [1.29, 1.82) is 0 Å². The summed E-state index contributed by atoms with van der Waals surface area (Å²) in [6.45, 7) is 1.30. The van der Waals surface area contributed by atoms with Crippen LogP contribution in [0, 0.1) is 0 Å². The van der Waals surface area contributed by atoms with E-state index in [1.54, 1.807) is 18.9 Å². The Labute approximate surface area is 151 Å². The van der Waals surface area contributed by atoms with Crippen molar-refractivity contribution >= 4 is 22.7 Å². The number of fused-ring (bicyclic) bond motifs is 1. The molecule has 0 aliphatic rings. The number of rotatable bonds is 8. The minimum Gasteiger partial charge on any atom is -0.384 e. The van der Waals surface area contributed by atoms with Gasteiger partial charge in [-0.2, -0.15) is 0 Å². The molecular weight excluding hydrogens is 332 g/mol. The number of benzene rings is 2. The Balaban J connectivity index is 1.84. The Kier molecular flexibility index (Phi) is 6.25. The molecule has 0 atom stereocenters.